The van der Waals surface area contributed by atoms with Crippen LogP contribution in [0, 0.1) is 17.5 Å². The Bertz CT molecular complexity index is 993. The van der Waals surface area contributed by atoms with Gasteiger partial charge in [0.2, 0.25) is 10.0 Å². The minimum absolute atomic E-state index is 0.00292. The van der Waals surface area contributed by atoms with E-state index in [0.717, 1.165) is 28.6 Å². The van der Waals surface area contributed by atoms with E-state index in [9.17, 15) is 26.4 Å². The number of rotatable bonds is 3. The third kappa shape index (κ3) is 3.80. The minimum atomic E-state index is -3.92. The summed E-state index contributed by atoms with van der Waals surface area (Å²) in [5.74, 6) is -3.81. The molecule has 3 rings (SSSR count). The minimum Gasteiger partial charge on any atom is -0.336 e. The van der Waals surface area contributed by atoms with Gasteiger partial charge in [0.1, 0.15) is 5.82 Å². The lowest BCUT2D eigenvalue weighted by Gasteiger charge is -2.34. The van der Waals surface area contributed by atoms with Gasteiger partial charge in [0, 0.05) is 26.2 Å². The number of nitrogens with zero attached hydrogens (tertiary/aromatic N) is 2. The first-order valence-electron chi connectivity index (χ1n) is 7.90. The zero-order valence-electron chi connectivity index (χ0n) is 13.8. The van der Waals surface area contributed by atoms with E-state index in [4.69, 9.17) is 11.6 Å². The molecule has 27 heavy (non-hydrogen) atoms. The number of halogens is 4. The van der Waals surface area contributed by atoms with Gasteiger partial charge < -0.3 is 4.90 Å². The largest absolute Gasteiger partial charge is 0.336 e. The fraction of sp³-hybridized carbons (Fsp3) is 0.235. The second-order valence-electron chi connectivity index (χ2n) is 5.87. The van der Waals surface area contributed by atoms with Gasteiger partial charge in [0.15, 0.2) is 11.6 Å². The number of hydrogen-bond donors (Lipinski definition) is 0. The summed E-state index contributed by atoms with van der Waals surface area (Å²) in [5, 5.41) is -0.313. The van der Waals surface area contributed by atoms with Gasteiger partial charge in [-0.05, 0) is 30.3 Å². The molecule has 10 heteroatoms. The maximum absolute atomic E-state index is 13.8. The van der Waals surface area contributed by atoms with Crippen molar-refractivity contribution in [3.05, 3.63) is 64.4 Å². The summed E-state index contributed by atoms with van der Waals surface area (Å²) in [6.07, 6.45) is 0. The molecule has 2 aromatic rings. The van der Waals surface area contributed by atoms with Crippen molar-refractivity contribution in [1.29, 1.82) is 0 Å². The maximum Gasteiger partial charge on any atom is 0.257 e. The number of amides is 1. The highest BCUT2D eigenvalue weighted by Gasteiger charge is 2.31. The van der Waals surface area contributed by atoms with Gasteiger partial charge in [-0.2, -0.15) is 4.31 Å². The lowest BCUT2D eigenvalue weighted by atomic mass is 10.1. The molecule has 1 amide bonds. The average Bonchev–Trinajstić information content (AvgIpc) is 2.65. The van der Waals surface area contributed by atoms with E-state index in [1.807, 2.05) is 0 Å². The molecule has 1 heterocycles. The molecule has 5 nitrogen and oxygen atoms in total. The number of carbonyl (C=O) groups excluding carboxylic acids is 1. The second-order valence-corrected chi connectivity index (χ2v) is 8.22. The zero-order valence-corrected chi connectivity index (χ0v) is 15.4. The maximum atomic E-state index is 13.8. The van der Waals surface area contributed by atoms with Crippen LogP contribution >= 0.6 is 11.6 Å². The van der Waals surface area contributed by atoms with E-state index < -0.39 is 38.9 Å². The van der Waals surface area contributed by atoms with Crippen LogP contribution in [0.25, 0.3) is 0 Å². The summed E-state index contributed by atoms with van der Waals surface area (Å²) in [4.78, 5) is 13.5. The molecule has 0 unspecified atom stereocenters. The van der Waals surface area contributed by atoms with Gasteiger partial charge >= 0.3 is 0 Å². The van der Waals surface area contributed by atoms with Crippen molar-refractivity contribution in [3.63, 3.8) is 0 Å². The molecule has 0 atom stereocenters. The Morgan fingerprint density at radius 1 is 0.963 bits per heavy atom. The molecule has 0 saturated carbocycles. The molecule has 1 aliphatic rings. The molecule has 2 aromatic carbocycles. The van der Waals surface area contributed by atoms with Gasteiger partial charge in [0.05, 0.1) is 15.5 Å². The predicted octanol–water partition coefficient (Wildman–Crippen LogP) is 2.90. The smallest absolute Gasteiger partial charge is 0.257 e. The quantitative estimate of drug-likeness (QED) is 0.770. The lowest BCUT2D eigenvalue weighted by Crippen LogP contribution is -2.50. The highest BCUT2D eigenvalue weighted by Crippen LogP contribution is 2.24. The van der Waals surface area contributed by atoms with E-state index in [1.54, 1.807) is 0 Å². The number of sulfonamides is 1. The number of benzene rings is 2. The summed E-state index contributed by atoms with van der Waals surface area (Å²) in [6, 6.07) is 6.39. The Morgan fingerprint density at radius 2 is 1.63 bits per heavy atom. The molecule has 0 aliphatic carbocycles. The molecule has 0 aromatic heterocycles. The summed E-state index contributed by atoms with van der Waals surface area (Å²) >= 11 is 5.64. The first kappa shape index (κ1) is 19.7. The topological polar surface area (TPSA) is 57.7 Å². The molecular weight excluding hydrogens is 405 g/mol. The first-order valence-corrected chi connectivity index (χ1v) is 9.72. The Balaban J connectivity index is 1.74. The summed E-state index contributed by atoms with van der Waals surface area (Å²) in [6.45, 7) is -0.0775. The molecule has 0 spiro atoms. The fourth-order valence-corrected chi connectivity index (χ4v) is 4.45. The van der Waals surface area contributed by atoms with Crippen LogP contribution in [-0.4, -0.2) is 49.7 Å². The van der Waals surface area contributed by atoms with Crippen LogP contribution in [0.4, 0.5) is 13.2 Å². The first-order chi connectivity index (χ1) is 12.7. The Labute approximate surface area is 159 Å². The zero-order chi connectivity index (χ0) is 19.8. The van der Waals surface area contributed by atoms with Crippen LogP contribution in [0.15, 0.2) is 41.3 Å². The Morgan fingerprint density at radius 3 is 2.26 bits per heavy atom. The van der Waals surface area contributed by atoms with Crippen molar-refractivity contribution in [3.8, 4) is 0 Å². The van der Waals surface area contributed by atoms with Gasteiger partial charge in [-0.15, -0.1) is 0 Å². The van der Waals surface area contributed by atoms with Crippen LogP contribution in [0.5, 0.6) is 0 Å². The predicted molar refractivity (Wildman–Crippen MR) is 92.4 cm³/mol. The third-order valence-corrected chi connectivity index (χ3v) is 6.42. The summed E-state index contributed by atoms with van der Waals surface area (Å²) in [5.41, 5.74) is -0.406. The molecule has 0 N–H and O–H groups in total. The van der Waals surface area contributed by atoms with Crippen LogP contribution in [0.3, 0.4) is 0 Å². The van der Waals surface area contributed by atoms with Gasteiger partial charge in [0.25, 0.3) is 5.91 Å². The van der Waals surface area contributed by atoms with Crippen LogP contribution in [0.2, 0.25) is 5.02 Å². The SMILES string of the molecule is O=C(c1cccc(F)c1F)N1CCN(S(=O)(=O)c2ccc(F)c(Cl)c2)CC1. The van der Waals surface area contributed by atoms with Crippen LogP contribution in [0.1, 0.15) is 10.4 Å². The van der Waals surface area contributed by atoms with Crippen molar-refractivity contribution in [2.45, 2.75) is 4.90 Å². The van der Waals surface area contributed by atoms with E-state index in [2.05, 4.69) is 0 Å². The van der Waals surface area contributed by atoms with Gasteiger partial charge in [-0.1, -0.05) is 17.7 Å². The molecule has 144 valence electrons. The van der Waals surface area contributed by atoms with Crippen molar-refractivity contribution in [2.75, 3.05) is 26.2 Å². The van der Waals surface area contributed by atoms with E-state index in [1.165, 1.54) is 17.0 Å². The number of carbonyl (C=O) groups is 1. The van der Waals surface area contributed by atoms with E-state index >= 15 is 0 Å². The Hall–Kier alpha value is -2.10. The van der Waals surface area contributed by atoms with E-state index in [-0.39, 0.29) is 36.1 Å². The standard InChI is InChI=1S/C17H14ClF3N2O3S/c18-13-10-11(4-5-14(13)19)27(25,26)23-8-6-22(7-9-23)17(24)12-2-1-3-15(20)16(12)21/h1-5,10H,6-9H2. The normalized spacial score (nSPS) is 15.8. The molecule has 1 aliphatic heterocycles. The molecule has 1 fully saturated rings. The van der Waals surface area contributed by atoms with Crippen molar-refractivity contribution < 1.29 is 26.4 Å². The molecular formula is C17H14ClF3N2O3S. The lowest BCUT2D eigenvalue weighted by molar-refractivity contribution is 0.0692. The number of hydrogen-bond acceptors (Lipinski definition) is 3. The third-order valence-electron chi connectivity index (χ3n) is 4.24. The van der Waals surface area contributed by atoms with Crippen LogP contribution in [-0.2, 0) is 10.0 Å². The molecule has 0 radical (unpaired) electrons. The van der Waals surface area contributed by atoms with Crippen molar-refractivity contribution >= 4 is 27.5 Å². The van der Waals surface area contributed by atoms with Gasteiger partial charge in [-0.25, -0.2) is 21.6 Å². The van der Waals surface area contributed by atoms with Crippen molar-refractivity contribution in [2.24, 2.45) is 0 Å². The highest BCUT2D eigenvalue weighted by atomic mass is 35.5. The monoisotopic (exact) mass is 418 g/mol. The van der Waals surface area contributed by atoms with E-state index in [0.29, 0.717) is 0 Å². The summed E-state index contributed by atoms with van der Waals surface area (Å²) < 4.78 is 66.7. The molecule has 1 saturated heterocycles. The van der Waals surface area contributed by atoms with Crippen LogP contribution < -0.4 is 0 Å². The highest BCUT2D eigenvalue weighted by molar-refractivity contribution is 7.89. The van der Waals surface area contributed by atoms with Crippen molar-refractivity contribution in [1.82, 2.24) is 9.21 Å². The fourth-order valence-electron chi connectivity index (χ4n) is 2.76. The second kappa shape index (κ2) is 7.49. The Kier molecular flexibility index (Phi) is 5.45. The average molecular weight is 419 g/mol. The molecule has 0 bridgehead atoms. The number of piperazine rings is 1. The van der Waals surface area contributed by atoms with Gasteiger partial charge in [-0.3, -0.25) is 4.79 Å². The summed E-state index contributed by atoms with van der Waals surface area (Å²) in [7, 11) is -3.92.